The first kappa shape index (κ1) is 13.8. The molecule has 4 heteroatoms. The molecule has 2 aliphatic heterocycles. The Labute approximate surface area is 121 Å². The molecular weight excluding hydrogens is 250 g/mol. The maximum Gasteiger partial charge on any atom is 0.126 e. The Kier molecular flexibility index (Phi) is 4.53. The number of nitrogens with one attached hydrogen (secondary N) is 1. The van der Waals surface area contributed by atoms with E-state index >= 15 is 0 Å². The highest BCUT2D eigenvalue weighted by Gasteiger charge is 2.20. The first-order valence-corrected chi connectivity index (χ1v) is 7.81. The van der Waals surface area contributed by atoms with Gasteiger partial charge in [-0.05, 0) is 51.4 Å². The van der Waals surface area contributed by atoms with E-state index in [1.165, 1.54) is 25.1 Å². The molecule has 4 nitrogen and oxygen atoms in total. The van der Waals surface area contributed by atoms with Gasteiger partial charge in [-0.15, -0.1) is 0 Å². The molecule has 110 valence electrons. The Bertz CT molecular complexity index is 431. The van der Waals surface area contributed by atoms with Gasteiger partial charge in [-0.1, -0.05) is 6.07 Å². The summed E-state index contributed by atoms with van der Waals surface area (Å²) in [6.45, 7) is 4.08. The molecule has 0 spiro atoms. The molecule has 2 saturated heterocycles. The summed E-state index contributed by atoms with van der Waals surface area (Å²) in [6, 6.07) is 6.92. The van der Waals surface area contributed by atoms with Crippen LogP contribution in [0.25, 0.3) is 0 Å². The van der Waals surface area contributed by atoms with Crippen LogP contribution in [0.1, 0.15) is 37.3 Å². The highest BCUT2D eigenvalue weighted by atomic mass is 16.5. The Hall–Kier alpha value is -1.13. The SMILES string of the molecule is CN1CCC[C@H](c2cccc(NC3CCOCC3)n2)C1. The lowest BCUT2D eigenvalue weighted by atomic mass is 9.94. The summed E-state index contributed by atoms with van der Waals surface area (Å²) in [6.07, 6.45) is 4.70. The zero-order valence-electron chi connectivity index (χ0n) is 12.3. The van der Waals surface area contributed by atoms with E-state index < -0.39 is 0 Å². The second-order valence-corrected chi connectivity index (χ2v) is 6.08. The topological polar surface area (TPSA) is 37.4 Å². The third-order valence-electron chi connectivity index (χ3n) is 4.39. The first-order valence-electron chi connectivity index (χ1n) is 7.81. The van der Waals surface area contributed by atoms with Crippen LogP contribution in [0, 0.1) is 0 Å². The fourth-order valence-electron chi connectivity index (χ4n) is 3.22. The molecule has 0 amide bonds. The molecule has 3 rings (SSSR count). The molecule has 0 radical (unpaired) electrons. The molecular formula is C16H25N3O. The third-order valence-corrected chi connectivity index (χ3v) is 4.39. The smallest absolute Gasteiger partial charge is 0.126 e. The molecule has 2 aliphatic rings. The Morgan fingerprint density at radius 1 is 1.25 bits per heavy atom. The fraction of sp³-hybridized carbons (Fsp3) is 0.688. The molecule has 1 atom stereocenters. The average molecular weight is 275 g/mol. The van der Waals surface area contributed by atoms with Gasteiger partial charge in [-0.3, -0.25) is 0 Å². The van der Waals surface area contributed by atoms with Crippen molar-refractivity contribution >= 4 is 5.82 Å². The van der Waals surface area contributed by atoms with Crippen LogP contribution in [-0.4, -0.2) is 49.3 Å². The summed E-state index contributed by atoms with van der Waals surface area (Å²) in [7, 11) is 2.20. The Morgan fingerprint density at radius 3 is 2.90 bits per heavy atom. The van der Waals surface area contributed by atoms with Crippen molar-refractivity contribution < 1.29 is 4.74 Å². The van der Waals surface area contributed by atoms with Crippen LogP contribution in [-0.2, 0) is 4.74 Å². The normalized spacial score (nSPS) is 25.6. The first-order chi connectivity index (χ1) is 9.81. The number of aromatic nitrogens is 1. The minimum Gasteiger partial charge on any atom is -0.381 e. The van der Waals surface area contributed by atoms with Gasteiger partial charge in [0.05, 0.1) is 0 Å². The summed E-state index contributed by atoms with van der Waals surface area (Å²) < 4.78 is 5.40. The summed E-state index contributed by atoms with van der Waals surface area (Å²) in [5.41, 5.74) is 1.24. The van der Waals surface area contributed by atoms with Crippen molar-refractivity contribution in [3.8, 4) is 0 Å². The maximum absolute atomic E-state index is 5.40. The van der Waals surface area contributed by atoms with Gasteiger partial charge in [0.15, 0.2) is 0 Å². The number of anilines is 1. The van der Waals surface area contributed by atoms with Crippen LogP contribution in [0.3, 0.4) is 0 Å². The Morgan fingerprint density at radius 2 is 2.10 bits per heavy atom. The van der Waals surface area contributed by atoms with Crippen molar-refractivity contribution in [1.29, 1.82) is 0 Å². The summed E-state index contributed by atoms with van der Waals surface area (Å²) in [5.74, 6) is 1.62. The predicted molar refractivity (Wildman–Crippen MR) is 81.2 cm³/mol. The standard InChI is InChI=1S/C16H25N3O/c1-19-9-3-4-13(12-19)15-5-2-6-16(18-15)17-14-7-10-20-11-8-14/h2,5-6,13-14H,3-4,7-12H2,1H3,(H,17,18)/t13-/m0/s1. The Balaban J connectivity index is 1.65. The maximum atomic E-state index is 5.40. The van der Waals surface area contributed by atoms with Crippen molar-refractivity contribution in [2.75, 3.05) is 38.7 Å². The molecule has 20 heavy (non-hydrogen) atoms. The number of likely N-dealkylation sites (tertiary alicyclic amines) is 1. The predicted octanol–water partition coefficient (Wildman–Crippen LogP) is 2.48. The van der Waals surface area contributed by atoms with E-state index in [0.717, 1.165) is 38.4 Å². The van der Waals surface area contributed by atoms with Crippen LogP contribution in [0.5, 0.6) is 0 Å². The highest BCUT2D eigenvalue weighted by molar-refractivity contribution is 5.37. The molecule has 0 aromatic carbocycles. The van der Waals surface area contributed by atoms with Gasteiger partial charge >= 0.3 is 0 Å². The van der Waals surface area contributed by atoms with Crippen molar-refractivity contribution in [2.24, 2.45) is 0 Å². The summed E-state index contributed by atoms with van der Waals surface area (Å²) in [4.78, 5) is 7.26. The van der Waals surface area contributed by atoms with E-state index in [-0.39, 0.29) is 0 Å². The van der Waals surface area contributed by atoms with Gasteiger partial charge < -0.3 is 15.0 Å². The zero-order valence-corrected chi connectivity index (χ0v) is 12.3. The molecule has 1 aromatic rings. The van der Waals surface area contributed by atoms with Crippen molar-refractivity contribution in [3.63, 3.8) is 0 Å². The molecule has 1 aromatic heterocycles. The molecule has 2 fully saturated rings. The van der Waals surface area contributed by atoms with Crippen LogP contribution >= 0.6 is 0 Å². The van der Waals surface area contributed by atoms with E-state index in [0.29, 0.717) is 12.0 Å². The van der Waals surface area contributed by atoms with Gasteiger partial charge in [0.2, 0.25) is 0 Å². The number of likely N-dealkylation sites (N-methyl/N-ethyl adjacent to an activating group) is 1. The van der Waals surface area contributed by atoms with Crippen molar-refractivity contribution in [1.82, 2.24) is 9.88 Å². The largest absolute Gasteiger partial charge is 0.381 e. The van der Waals surface area contributed by atoms with Gasteiger partial charge in [0.1, 0.15) is 5.82 Å². The van der Waals surface area contributed by atoms with E-state index in [4.69, 9.17) is 9.72 Å². The quantitative estimate of drug-likeness (QED) is 0.919. The monoisotopic (exact) mass is 275 g/mol. The minimum absolute atomic E-state index is 0.514. The van der Waals surface area contributed by atoms with Crippen LogP contribution in [0.2, 0.25) is 0 Å². The summed E-state index contributed by atoms with van der Waals surface area (Å²) in [5, 5.41) is 3.57. The number of pyridine rings is 1. The molecule has 0 saturated carbocycles. The number of nitrogens with zero attached hydrogens (tertiary/aromatic N) is 2. The van der Waals surface area contributed by atoms with E-state index in [1.54, 1.807) is 0 Å². The molecule has 1 N–H and O–H groups in total. The second kappa shape index (κ2) is 6.55. The van der Waals surface area contributed by atoms with E-state index in [1.807, 2.05) is 0 Å². The van der Waals surface area contributed by atoms with Crippen LogP contribution < -0.4 is 5.32 Å². The van der Waals surface area contributed by atoms with Crippen LogP contribution in [0.15, 0.2) is 18.2 Å². The lowest BCUT2D eigenvalue weighted by Crippen LogP contribution is -2.31. The molecule has 0 bridgehead atoms. The molecule has 0 aliphatic carbocycles. The lowest BCUT2D eigenvalue weighted by Gasteiger charge is -2.29. The number of hydrogen-bond donors (Lipinski definition) is 1. The van der Waals surface area contributed by atoms with E-state index in [2.05, 4.69) is 35.5 Å². The number of hydrogen-bond acceptors (Lipinski definition) is 4. The van der Waals surface area contributed by atoms with Gasteiger partial charge in [-0.2, -0.15) is 0 Å². The summed E-state index contributed by atoms with van der Waals surface area (Å²) >= 11 is 0. The van der Waals surface area contributed by atoms with Crippen molar-refractivity contribution in [3.05, 3.63) is 23.9 Å². The molecule has 0 unspecified atom stereocenters. The van der Waals surface area contributed by atoms with Gasteiger partial charge in [-0.25, -0.2) is 4.98 Å². The lowest BCUT2D eigenvalue weighted by molar-refractivity contribution is 0.0904. The molecule has 3 heterocycles. The third kappa shape index (κ3) is 3.49. The highest BCUT2D eigenvalue weighted by Crippen LogP contribution is 2.26. The minimum atomic E-state index is 0.514. The number of rotatable bonds is 3. The second-order valence-electron chi connectivity index (χ2n) is 6.08. The van der Waals surface area contributed by atoms with Gasteiger partial charge in [0.25, 0.3) is 0 Å². The zero-order chi connectivity index (χ0) is 13.8. The van der Waals surface area contributed by atoms with Crippen molar-refractivity contribution in [2.45, 2.75) is 37.6 Å². The fourth-order valence-corrected chi connectivity index (χ4v) is 3.22. The average Bonchev–Trinajstić information content (AvgIpc) is 2.49. The number of piperidine rings is 1. The number of ether oxygens (including phenoxy) is 1. The van der Waals surface area contributed by atoms with E-state index in [9.17, 15) is 0 Å². The van der Waals surface area contributed by atoms with Crippen LogP contribution in [0.4, 0.5) is 5.82 Å². The van der Waals surface area contributed by atoms with Gasteiger partial charge in [0, 0.05) is 37.4 Å².